The minimum absolute atomic E-state index is 0. The third-order valence-electron chi connectivity index (χ3n) is 2.55. The van der Waals surface area contributed by atoms with Crippen LogP contribution in [0.25, 0.3) is 0 Å². The van der Waals surface area contributed by atoms with Gasteiger partial charge in [-0.2, -0.15) is 4.57 Å². The van der Waals surface area contributed by atoms with Crippen molar-refractivity contribution in [2.45, 2.75) is 10.8 Å². The smallest absolute Gasteiger partial charge is 0.240 e. The Kier molecular flexibility index (Phi) is 6.02. The van der Waals surface area contributed by atoms with Gasteiger partial charge in [-0.3, -0.25) is 0 Å². The molecule has 0 fully saturated rings. The highest BCUT2D eigenvalue weighted by atomic mass is 35.5. The van der Waals surface area contributed by atoms with Crippen LogP contribution in [0.1, 0.15) is 5.56 Å². The van der Waals surface area contributed by atoms with Gasteiger partial charge in [-0.05, 0) is 23.8 Å². The van der Waals surface area contributed by atoms with Crippen molar-refractivity contribution in [3.63, 3.8) is 0 Å². The van der Waals surface area contributed by atoms with Crippen LogP contribution in [-0.2, 0) is 12.8 Å². The Hall–Kier alpha value is -1.19. The Morgan fingerprint density at radius 2 is 1.83 bits per heavy atom. The summed E-state index contributed by atoms with van der Waals surface area (Å²) in [6.07, 6.45) is 2.07. The quantitative estimate of drug-likeness (QED) is 0.570. The van der Waals surface area contributed by atoms with Crippen LogP contribution in [0.2, 0.25) is 0 Å². The van der Waals surface area contributed by atoms with Gasteiger partial charge in [0.2, 0.25) is 5.03 Å². The van der Waals surface area contributed by atoms with Gasteiger partial charge in [0.15, 0.2) is 6.20 Å². The zero-order valence-corrected chi connectivity index (χ0v) is 12.0. The lowest BCUT2D eigenvalue weighted by molar-refractivity contribution is -0.708. The van der Waals surface area contributed by atoms with Crippen LogP contribution in [0.3, 0.4) is 0 Å². The number of methoxy groups -OCH3 is 1. The first-order valence-corrected chi connectivity index (χ1v) is 6.48. The number of pyridine rings is 1. The second kappa shape index (κ2) is 7.29. The third-order valence-corrected chi connectivity index (χ3v) is 3.75. The summed E-state index contributed by atoms with van der Waals surface area (Å²) < 4.78 is 7.27. The number of benzene rings is 1. The molecule has 0 spiro atoms. The Morgan fingerprint density at radius 3 is 2.44 bits per heavy atom. The first kappa shape index (κ1) is 14.9. The summed E-state index contributed by atoms with van der Waals surface area (Å²) in [7, 11) is 3.75. The summed E-state index contributed by atoms with van der Waals surface area (Å²) in [5, 5.41) is 1.27. The van der Waals surface area contributed by atoms with Crippen LogP contribution in [0.4, 0.5) is 0 Å². The molecule has 1 aromatic carbocycles. The topological polar surface area (TPSA) is 13.1 Å². The number of thioether (sulfide) groups is 1. The Balaban J connectivity index is 0.00000162. The molecule has 2 rings (SSSR count). The minimum Gasteiger partial charge on any atom is -1.00 e. The van der Waals surface area contributed by atoms with Crippen molar-refractivity contribution >= 4 is 11.8 Å². The lowest BCUT2D eigenvalue weighted by Gasteiger charge is -2.02. The number of aromatic nitrogens is 1. The number of ether oxygens (including phenoxy) is 1. The van der Waals surface area contributed by atoms with E-state index < -0.39 is 0 Å². The van der Waals surface area contributed by atoms with Crippen molar-refractivity contribution in [2.24, 2.45) is 7.05 Å². The van der Waals surface area contributed by atoms with Crippen molar-refractivity contribution < 1.29 is 21.7 Å². The predicted octanol–water partition coefficient (Wildman–Crippen LogP) is -0.184. The second-order valence-electron chi connectivity index (χ2n) is 3.79. The van der Waals surface area contributed by atoms with E-state index in [1.54, 1.807) is 7.11 Å². The van der Waals surface area contributed by atoms with E-state index in [0.717, 1.165) is 11.5 Å². The summed E-state index contributed by atoms with van der Waals surface area (Å²) in [5.74, 6) is 1.88. The second-order valence-corrected chi connectivity index (χ2v) is 4.78. The van der Waals surface area contributed by atoms with Gasteiger partial charge >= 0.3 is 0 Å². The molecule has 0 atom stereocenters. The van der Waals surface area contributed by atoms with Crippen LogP contribution in [0.5, 0.6) is 5.75 Å². The van der Waals surface area contributed by atoms with Gasteiger partial charge in [0.1, 0.15) is 12.8 Å². The third kappa shape index (κ3) is 3.93. The zero-order chi connectivity index (χ0) is 12.1. The fourth-order valence-corrected chi connectivity index (χ4v) is 2.48. The van der Waals surface area contributed by atoms with Gasteiger partial charge in [-0.25, -0.2) is 0 Å². The molecule has 0 N–H and O–H groups in total. The first-order chi connectivity index (χ1) is 8.29. The number of nitrogens with zero attached hydrogens (tertiary/aromatic N) is 1. The van der Waals surface area contributed by atoms with Gasteiger partial charge in [-0.15, -0.1) is 0 Å². The highest BCUT2D eigenvalue weighted by molar-refractivity contribution is 7.98. The number of hydrogen-bond donors (Lipinski definition) is 0. The molecule has 96 valence electrons. The molecule has 0 saturated heterocycles. The molecule has 0 unspecified atom stereocenters. The molecule has 1 aromatic heterocycles. The number of halogens is 1. The van der Waals surface area contributed by atoms with Crippen LogP contribution in [-0.4, -0.2) is 7.11 Å². The fourth-order valence-electron chi connectivity index (χ4n) is 1.54. The average molecular weight is 282 g/mol. The van der Waals surface area contributed by atoms with E-state index in [1.807, 2.05) is 30.0 Å². The molecule has 0 aliphatic rings. The lowest BCUT2D eigenvalue weighted by Crippen LogP contribution is -3.00. The Bertz CT molecular complexity index is 487. The molecule has 0 bridgehead atoms. The first-order valence-electron chi connectivity index (χ1n) is 5.50. The molecule has 2 aromatic rings. The molecule has 1 heterocycles. The standard InChI is InChI=1S/C14H16NOS.ClH/c1-15-10-4-3-5-14(15)17-11-12-6-8-13(16-2)9-7-12;/h3-10H,11H2,1-2H3;1H/q+1;/p-1. The van der Waals surface area contributed by atoms with Crippen molar-refractivity contribution in [3.8, 4) is 5.75 Å². The van der Waals surface area contributed by atoms with E-state index in [9.17, 15) is 0 Å². The van der Waals surface area contributed by atoms with E-state index in [0.29, 0.717) is 0 Å². The van der Waals surface area contributed by atoms with Crippen molar-refractivity contribution in [1.82, 2.24) is 0 Å². The maximum atomic E-state index is 5.14. The van der Waals surface area contributed by atoms with Gasteiger partial charge in [0.05, 0.1) is 7.11 Å². The number of hydrogen-bond acceptors (Lipinski definition) is 2. The van der Waals surface area contributed by atoms with Crippen molar-refractivity contribution in [1.29, 1.82) is 0 Å². The number of rotatable bonds is 4. The highest BCUT2D eigenvalue weighted by Crippen LogP contribution is 2.20. The fraction of sp³-hybridized carbons (Fsp3) is 0.214. The SMILES string of the molecule is COc1ccc(CSc2cccc[n+]2C)cc1.[Cl-]. The molecule has 0 aliphatic carbocycles. The van der Waals surface area contributed by atoms with E-state index in [4.69, 9.17) is 4.74 Å². The Morgan fingerprint density at radius 1 is 1.11 bits per heavy atom. The average Bonchev–Trinajstić information content (AvgIpc) is 2.38. The largest absolute Gasteiger partial charge is 1.00 e. The normalized spacial score (nSPS) is 9.67. The van der Waals surface area contributed by atoms with Crippen LogP contribution in [0.15, 0.2) is 53.7 Å². The highest BCUT2D eigenvalue weighted by Gasteiger charge is 2.05. The number of aryl methyl sites for hydroxylation is 1. The zero-order valence-electron chi connectivity index (χ0n) is 10.5. The van der Waals surface area contributed by atoms with E-state index in [2.05, 4.69) is 42.1 Å². The molecule has 0 saturated carbocycles. The van der Waals surface area contributed by atoms with E-state index >= 15 is 0 Å². The van der Waals surface area contributed by atoms with Crippen molar-refractivity contribution in [2.75, 3.05) is 7.11 Å². The molecule has 0 aliphatic heterocycles. The lowest BCUT2D eigenvalue weighted by atomic mass is 10.2. The molecular weight excluding hydrogens is 266 g/mol. The molecular formula is C14H16ClNOS. The van der Waals surface area contributed by atoms with Gasteiger partial charge in [0, 0.05) is 17.9 Å². The minimum atomic E-state index is 0. The van der Waals surface area contributed by atoms with Crippen molar-refractivity contribution in [3.05, 3.63) is 54.2 Å². The molecule has 0 amide bonds. The Labute approximate surface area is 118 Å². The van der Waals surface area contributed by atoms with Crippen LogP contribution in [0, 0.1) is 0 Å². The molecule has 0 radical (unpaired) electrons. The summed E-state index contributed by atoms with van der Waals surface area (Å²) in [6.45, 7) is 0. The molecule has 4 heteroatoms. The molecule has 2 nitrogen and oxygen atoms in total. The van der Waals surface area contributed by atoms with Crippen LogP contribution < -0.4 is 21.7 Å². The maximum absolute atomic E-state index is 5.14. The van der Waals surface area contributed by atoms with Gasteiger partial charge < -0.3 is 17.1 Å². The van der Waals surface area contributed by atoms with E-state index in [-0.39, 0.29) is 12.4 Å². The summed E-state index contributed by atoms with van der Waals surface area (Å²) in [4.78, 5) is 0. The summed E-state index contributed by atoms with van der Waals surface area (Å²) >= 11 is 1.84. The molecule has 18 heavy (non-hydrogen) atoms. The van der Waals surface area contributed by atoms with E-state index in [1.165, 1.54) is 10.6 Å². The van der Waals surface area contributed by atoms with Gasteiger partial charge in [-0.1, -0.05) is 23.9 Å². The maximum Gasteiger partial charge on any atom is 0.240 e. The summed E-state index contributed by atoms with van der Waals surface area (Å²) in [6, 6.07) is 14.5. The van der Waals surface area contributed by atoms with Gasteiger partial charge in [0.25, 0.3) is 0 Å². The monoisotopic (exact) mass is 281 g/mol. The van der Waals surface area contributed by atoms with Crippen LogP contribution >= 0.6 is 11.8 Å². The summed E-state index contributed by atoms with van der Waals surface area (Å²) in [5.41, 5.74) is 1.31. The predicted molar refractivity (Wildman–Crippen MR) is 70.2 cm³/mol.